The minimum absolute atomic E-state index is 0.0930. The van der Waals surface area contributed by atoms with Crippen LogP contribution in [0.25, 0.3) is 0 Å². The van der Waals surface area contributed by atoms with Gasteiger partial charge in [-0.3, -0.25) is 4.79 Å². The minimum Gasteiger partial charge on any atom is -0.373 e. The van der Waals surface area contributed by atoms with Gasteiger partial charge >= 0.3 is 0 Å². The second kappa shape index (κ2) is 4.60. The van der Waals surface area contributed by atoms with E-state index in [1.165, 1.54) is 6.07 Å². The Morgan fingerprint density at radius 3 is 2.89 bits per heavy atom. The number of aryl methyl sites for hydroxylation is 1. The van der Waals surface area contributed by atoms with Crippen LogP contribution in [-0.4, -0.2) is 36.1 Å². The van der Waals surface area contributed by atoms with E-state index in [1.807, 2.05) is 0 Å². The normalized spacial score (nSPS) is 29.6. The smallest absolute Gasteiger partial charge is 0.254 e. The number of ether oxygens (including phenoxy) is 1. The SMILES string of the molecule is Cc1ccc(C(=O)N2C[C@@H]3C[C@@H](C)O[C@@H]3C2)cc1F. The highest BCUT2D eigenvalue weighted by Gasteiger charge is 2.42. The van der Waals surface area contributed by atoms with Crippen molar-refractivity contribution < 1.29 is 13.9 Å². The molecule has 3 nitrogen and oxygen atoms in total. The summed E-state index contributed by atoms with van der Waals surface area (Å²) in [6, 6.07) is 4.67. The van der Waals surface area contributed by atoms with Crippen LogP contribution in [0.4, 0.5) is 4.39 Å². The van der Waals surface area contributed by atoms with Crippen LogP contribution >= 0.6 is 0 Å². The standard InChI is InChI=1S/C15H18FNO2/c1-9-3-4-11(6-13(9)16)15(18)17-7-12-5-10(2)19-14(12)8-17/h3-4,6,10,12,14H,5,7-8H2,1-2H3/t10-,12+,14-/m1/s1. The molecule has 19 heavy (non-hydrogen) atoms. The fraction of sp³-hybridized carbons (Fsp3) is 0.533. The lowest BCUT2D eigenvalue weighted by atomic mass is 10.0. The van der Waals surface area contributed by atoms with Crippen molar-refractivity contribution in [2.45, 2.75) is 32.5 Å². The largest absolute Gasteiger partial charge is 0.373 e. The zero-order valence-corrected chi connectivity index (χ0v) is 11.2. The van der Waals surface area contributed by atoms with Crippen molar-refractivity contribution in [3.8, 4) is 0 Å². The number of amides is 1. The molecule has 2 saturated heterocycles. The van der Waals surface area contributed by atoms with Gasteiger partial charge in [-0.05, 0) is 38.0 Å². The van der Waals surface area contributed by atoms with Gasteiger partial charge in [0, 0.05) is 24.6 Å². The minimum atomic E-state index is -0.324. The second-order valence-corrected chi connectivity index (χ2v) is 5.66. The maximum Gasteiger partial charge on any atom is 0.254 e. The molecule has 0 saturated carbocycles. The fourth-order valence-electron chi connectivity index (χ4n) is 3.08. The van der Waals surface area contributed by atoms with Crippen molar-refractivity contribution >= 4 is 5.91 Å². The van der Waals surface area contributed by atoms with E-state index in [0.29, 0.717) is 29.7 Å². The van der Waals surface area contributed by atoms with Gasteiger partial charge in [-0.15, -0.1) is 0 Å². The van der Waals surface area contributed by atoms with E-state index in [4.69, 9.17) is 4.74 Å². The molecular weight excluding hydrogens is 245 g/mol. The molecule has 102 valence electrons. The number of carbonyl (C=O) groups excluding carboxylic acids is 1. The molecule has 0 spiro atoms. The Morgan fingerprint density at radius 2 is 2.21 bits per heavy atom. The average molecular weight is 263 g/mol. The zero-order chi connectivity index (χ0) is 13.6. The van der Waals surface area contributed by atoms with Crippen LogP contribution in [0.5, 0.6) is 0 Å². The summed E-state index contributed by atoms with van der Waals surface area (Å²) in [5.41, 5.74) is 0.989. The summed E-state index contributed by atoms with van der Waals surface area (Å²) in [4.78, 5) is 14.1. The molecule has 0 radical (unpaired) electrons. The van der Waals surface area contributed by atoms with E-state index in [9.17, 15) is 9.18 Å². The Labute approximate surface area is 112 Å². The number of rotatable bonds is 1. The molecule has 0 aliphatic carbocycles. The molecule has 2 aliphatic heterocycles. The molecule has 1 amide bonds. The molecule has 3 atom stereocenters. The van der Waals surface area contributed by atoms with Crippen LogP contribution in [0.15, 0.2) is 18.2 Å². The first-order valence-electron chi connectivity index (χ1n) is 6.75. The Morgan fingerprint density at radius 1 is 1.42 bits per heavy atom. The van der Waals surface area contributed by atoms with E-state index in [0.717, 1.165) is 13.0 Å². The molecule has 4 heteroatoms. The van der Waals surface area contributed by atoms with Gasteiger partial charge in [-0.25, -0.2) is 4.39 Å². The van der Waals surface area contributed by atoms with E-state index in [1.54, 1.807) is 24.0 Å². The third kappa shape index (κ3) is 2.25. The molecule has 0 aromatic heterocycles. The van der Waals surface area contributed by atoms with Crippen LogP contribution in [0, 0.1) is 18.7 Å². The second-order valence-electron chi connectivity index (χ2n) is 5.66. The average Bonchev–Trinajstić information content (AvgIpc) is 2.88. The molecule has 1 aromatic rings. The zero-order valence-electron chi connectivity index (χ0n) is 11.2. The van der Waals surface area contributed by atoms with Crippen molar-refractivity contribution in [3.63, 3.8) is 0 Å². The first-order valence-corrected chi connectivity index (χ1v) is 6.75. The number of likely N-dealkylation sites (tertiary alicyclic amines) is 1. The predicted octanol–water partition coefficient (Wildman–Crippen LogP) is 2.38. The number of fused-ring (bicyclic) bond motifs is 1. The molecule has 2 heterocycles. The van der Waals surface area contributed by atoms with Gasteiger partial charge in [0.05, 0.1) is 12.2 Å². The first kappa shape index (κ1) is 12.6. The van der Waals surface area contributed by atoms with Gasteiger partial charge < -0.3 is 9.64 Å². The monoisotopic (exact) mass is 263 g/mol. The highest BCUT2D eigenvalue weighted by atomic mass is 19.1. The number of nitrogens with zero attached hydrogens (tertiary/aromatic N) is 1. The number of hydrogen-bond donors (Lipinski definition) is 0. The van der Waals surface area contributed by atoms with Crippen LogP contribution in [0.3, 0.4) is 0 Å². The number of hydrogen-bond acceptors (Lipinski definition) is 2. The lowest BCUT2D eigenvalue weighted by Gasteiger charge is -2.18. The van der Waals surface area contributed by atoms with E-state index >= 15 is 0 Å². The quantitative estimate of drug-likeness (QED) is 0.778. The van der Waals surface area contributed by atoms with E-state index in [2.05, 4.69) is 6.92 Å². The summed E-state index contributed by atoms with van der Waals surface area (Å²) in [5.74, 6) is 0.0221. The predicted molar refractivity (Wildman–Crippen MR) is 69.5 cm³/mol. The third-order valence-corrected chi connectivity index (χ3v) is 4.13. The van der Waals surface area contributed by atoms with Crippen molar-refractivity contribution in [2.75, 3.05) is 13.1 Å². The van der Waals surface area contributed by atoms with E-state index < -0.39 is 0 Å². The lowest BCUT2D eigenvalue weighted by molar-refractivity contribution is 0.0443. The Balaban J connectivity index is 1.73. The van der Waals surface area contributed by atoms with Gasteiger partial charge in [-0.1, -0.05) is 6.07 Å². The number of benzene rings is 1. The maximum absolute atomic E-state index is 13.5. The molecule has 2 aliphatic rings. The fourth-order valence-corrected chi connectivity index (χ4v) is 3.08. The van der Waals surface area contributed by atoms with Crippen LogP contribution in [0.2, 0.25) is 0 Å². The first-order chi connectivity index (χ1) is 9.04. The molecule has 0 bridgehead atoms. The molecular formula is C15H18FNO2. The van der Waals surface area contributed by atoms with Crippen LogP contribution < -0.4 is 0 Å². The highest BCUT2D eigenvalue weighted by Crippen LogP contribution is 2.33. The molecule has 0 unspecified atom stereocenters. The van der Waals surface area contributed by atoms with Crippen LogP contribution in [0.1, 0.15) is 29.3 Å². The summed E-state index contributed by atoms with van der Waals surface area (Å²) in [5, 5.41) is 0. The van der Waals surface area contributed by atoms with Gasteiger partial charge in [0.2, 0.25) is 0 Å². The van der Waals surface area contributed by atoms with Gasteiger partial charge in [-0.2, -0.15) is 0 Å². The summed E-state index contributed by atoms with van der Waals surface area (Å²) in [6.07, 6.45) is 1.47. The molecule has 0 N–H and O–H groups in total. The van der Waals surface area contributed by atoms with E-state index in [-0.39, 0.29) is 17.8 Å². The number of carbonyl (C=O) groups is 1. The molecule has 2 fully saturated rings. The summed E-state index contributed by atoms with van der Waals surface area (Å²) in [6.45, 7) is 5.12. The number of halogens is 1. The van der Waals surface area contributed by atoms with Gasteiger partial charge in [0.1, 0.15) is 5.82 Å². The third-order valence-electron chi connectivity index (χ3n) is 4.13. The van der Waals surface area contributed by atoms with Crippen molar-refractivity contribution in [3.05, 3.63) is 35.1 Å². The summed E-state index contributed by atoms with van der Waals surface area (Å²) in [7, 11) is 0. The van der Waals surface area contributed by atoms with Crippen molar-refractivity contribution in [1.29, 1.82) is 0 Å². The maximum atomic E-state index is 13.5. The lowest BCUT2D eigenvalue weighted by Crippen LogP contribution is -2.31. The Hall–Kier alpha value is -1.42. The topological polar surface area (TPSA) is 29.5 Å². The Bertz CT molecular complexity index is 503. The summed E-state index contributed by atoms with van der Waals surface area (Å²) >= 11 is 0. The molecule has 3 rings (SSSR count). The molecule has 1 aromatic carbocycles. The van der Waals surface area contributed by atoms with Crippen molar-refractivity contribution in [1.82, 2.24) is 4.90 Å². The Kier molecular flexibility index (Phi) is 3.05. The van der Waals surface area contributed by atoms with Crippen molar-refractivity contribution in [2.24, 2.45) is 5.92 Å². The van der Waals surface area contributed by atoms with Crippen LogP contribution in [-0.2, 0) is 4.74 Å². The highest BCUT2D eigenvalue weighted by molar-refractivity contribution is 5.94. The summed E-state index contributed by atoms with van der Waals surface area (Å²) < 4.78 is 19.3. The van der Waals surface area contributed by atoms with Gasteiger partial charge in [0.15, 0.2) is 0 Å². The van der Waals surface area contributed by atoms with Gasteiger partial charge in [0.25, 0.3) is 5.91 Å².